The normalized spacial score (nSPS) is 18.7. The number of benzene rings is 1. The molecular weight excluding hydrogens is 224 g/mol. The summed E-state index contributed by atoms with van der Waals surface area (Å²) in [4.78, 5) is 14.1. The van der Waals surface area contributed by atoms with Crippen LogP contribution >= 0.6 is 0 Å². The van der Waals surface area contributed by atoms with Gasteiger partial charge in [0.1, 0.15) is 0 Å². The van der Waals surface area contributed by atoms with Gasteiger partial charge in [-0.1, -0.05) is 37.3 Å². The van der Waals surface area contributed by atoms with Crippen molar-refractivity contribution in [2.45, 2.75) is 26.2 Å². The topological polar surface area (TPSA) is 46.3 Å². The molecular formula is C15H22N2O. The van der Waals surface area contributed by atoms with E-state index in [1.54, 1.807) is 0 Å². The van der Waals surface area contributed by atoms with Gasteiger partial charge < -0.3 is 10.6 Å². The van der Waals surface area contributed by atoms with Crippen LogP contribution in [0.15, 0.2) is 30.3 Å². The minimum Gasteiger partial charge on any atom is -0.342 e. The molecule has 1 aromatic carbocycles. The number of carbonyl (C=O) groups excluding carboxylic acids is 1. The smallest absolute Gasteiger partial charge is 0.226 e. The summed E-state index contributed by atoms with van der Waals surface area (Å²) < 4.78 is 0. The molecule has 0 spiro atoms. The first-order valence-corrected chi connectivity index (χ1v) is 6.65. The van der Waals surface area contributed by atoms with Crippen LogP contribution in [-0.4, -0.2) is 30.4 Å². The predicted molar refractivity (Wildman–Crippen MR) is 73.1 cm³/mol. The van der Waals surface area contributed by atoms with Gasteiger partial charge in [-0.2, -0.15) is 0 Å². The molecule has 98 valence electrons. The predicted octanol–water partition coefficient (Wildman–Crippen LogP) is 1.82. The molecule has 1 aliphatic heterocycles. The summed E-state index contributed by atoms with van der Waals surface area (Å²) in [6, 6.07) is 9.94. The van der Waals surface area contributed by atoms with Crippen molar-refractivity contribution in [3.63, 3.8) is 0 Å². The number of carbonyl (C=O) groups is 1. The first-order chi connectivity index (χ1) is 8.63. The van der Waals surface area contributed by atoms with Gasteiger partial charge in [-0.25, -0.2) is 0 Å². The van der Waals surface area contributed by atoms with Crippen molar-refractivity contribution in [2.24, 2.45) is 11.1 Å². The Morgan fingerprint density at radius 2 is 1.89 bits per heavy atom. The maximum atomic E-state index is 12.2. The third-order valence-corrected chi connectivity index (χ3v) is 4.01. The molecule has 0 unspecified atom stereocenters. The lowest BCUT2D eigenvalue weighted by Crippen LogP contribution is -2.45. The second kappa shape index (κ2) is 5.53. The monoisotopic (exact) mass is 246 g/mol. The highest BCUT2D eigenvalue weighted by Crippen LogP contribution is 2.29. The quantitative estimate of drug-likeness (QED) is 0.884. The average Bonchev–Trinajstić information content (AvgIpc) is 2.40. The Balaban J connectivity index is 1.88. The van der Waals surface area contributed by atoms with Gasteiger partial charge >= 0.3 is 0 Å². The molecule has 1 aromatic rings. The molecule has 1 aliphatic rings. The largest absolute Gasteiger partial charge is 0.342 e. The molecule has 0 aliphatic carbocycles. The van der Waals surface area contributed by atoms with E-state index in [1.165, 1.54) is 0 Å². The molecule has 18 heavy (non-hydrogen) atoms. The molecule has 2 N–H and O–H groups in total. The first kappa shape index (κ1) is 13.1. The molecule has 1 amide bonds. The zero-order valence-corrected chi connectivity index (χ0v) is 11.1. The van der Waals surface area contributed by atoms with E-state index in [4.69, 9.17) is 5.73 Å². The summed E-state index contributed by atoms with van der Waals surface area (Å²) in [6.45, 7) is 4.62. The third kappa shape index (κ3) is 3.10. The molecule has 1 fully saturated rings. The number of rotatable bonds is 3. The van der Waals surface area contributed by atoms with Gasteiger partial charge in [-0.3, -0.25) is 4.79 Å². The van der Waals surface area contributed by atoms with E-state index in [1.807, 2.05) is 35.2 Å². The SMILES string of the molecule is CC1(CN)CCN(C(=O)Cc2ccccc2)CC1. The van der Waals surface area contributed by atoms with Gasteiger partial charge in [0.05, 0.1) is 6.42 Å². The molecule has 0 radical (unpaired) electrons. The lowest BCUT2D eigenvalue weighted by Gasteiger charge is -2.38. The van der Waals surface area contributed by atoms with Crippen LogP contribution in [0.4, 0.5) is 0 Å². The van der Waals surface area contributed by atoms with Crippen molar-refractivity contribution < 1.29 is 4.79 Å². The number of amides is 1. The highest BCUT2D eigenvalue weighted by Gasteiger charge is 2.30. The lowest BCUT2D eigenvalue weighted by molar-refractivity contribution is -0.132. The average molecular weight is 246 g/mol. The minimum atomic E-state index is 0.226. The van der Waals surface area contributed by atoms with Gasteiger partial charge in [0.25, 0.3) is 0 Å². The van der Waals surface area contributed by atoms with E-state index in [0.29, 0.717) is 13.0 Å². The van der Waals surface area contributed by atoms with Crippen molar-refractivity contribution in [2.75, 3.05) is 19.6 Å². The minimum absolute atomic E-state index is 0.226. The van der Waals surface area contributed by atoms with Crippen molar-refractivity contribution in [1.82, 2.24) is 4.90 Å². The highest BCUT2D eigenvalue weighted by atomic mass is 16.2. The van der Waals surface area contributed by atoms with Crippen LogP contribution in [0.5, 0.6) is 0 Å². The Morgan fingerprint density at radius 3 is 2.44 bits per heavy atom. The Kier molecular flexibility index (Phi) is 4.02. The van der Waals surface area contributed by atoms with E-state index in [-0.39, 0.29) is 11.3 Å². The van der Waals surface area contributed by atoms with Crippen LogP contribution in [-0.2, 0) is 11.2 Å². The Hall–Kier alpha value is -1.35. The summed E-state index contributed by atoms with van der Waals surface area (Å²) in [7, 11) is 0. The summed E-state index contributed by atoms with van der Waals surface area (Å²) >= 11 is 0. The number of hydrogen-bond acceptors (Lipinski definition) is 2. The fourth-order valence-electron chi connectivity index (χ4n) is 2.38. The fourth-order valence-corrected chi connectivity index (χ4v) is 2.38. The van der Waals surface area contributed by atoms with Crippen LogP contribution in [0.2, 0.25) is 0 Å². The van der Waals surface area contributed by atoms with E-state index >= 15 is 0 Å². The van der Waals surface area contributed by atoms with E-state index in [0.717, 1.165) is 31.5 Å². The molecule has 1 heterocycles. The van der Waals surface area contributed by atoms with Crippen LogP contribution in [0.25, 0.3) is 0 Å². The zero-order valence-electron chi connectivity index (χ0n) is 11.1. The Bertz CT molecular complexity index is 394. The maximum absolute atomic E-state index is 12.2. The molecule has 0 bridgehead atoms. The van der Waals surface area contributed by atoms with Crippen molar-refractivity contribution >= 4 is 5.91 Å². The van der Waals surface area contributed by atoms with Gasteiger partial charge in [0, 0.05) is 13.1 Å². The van der Waals surface area contributed by atoms with Crippen molar-refractivity contribution in [3.05, 3.63) is 35.9 Å². The van der Waals surface area contributed by atoms with Gasteiger partial charge in [0.2, 0.25) is 5.91 Å². The third-order valence-electron chi connectivity index (χ3n) is 4.01. The Labute approximate surface area is 109 Å². The molecule has 1 saturated heterocycles. The standard InChI is InChI=1S/C15H22N2O/c1-15(12-16)7-9-17(10-8-15)14(18)11-13-5-3-2-4-6-13/h2-6H,7-12,16H2,1H3. The number of piperidine rings is 1. The van der Waals surface area contributed by atoms with Crippen LogP contribution in [0.3, 0.4) is 0 Å². The fraction of sp³-hybridized carbons (Fsp3) is 0.533. The molecule has 0 saturated carbocycles. The molecule has 3 nitrogen and oxygen atoms in total. The maximum Gasteiger partial charge on any atom is 0.226 e. The first-order valence-electron chi connectivity index (χ1n) is 6.65. The Morgan fingerprint density at radius 1 is 1.28 bits per heavy atom. The molecule has 3 heteroatoms. The van der Waals surface area contributed by atoms with Gasteiger partial charge in [-0.05, 0) is 30.4 Å². The molecule has 0 atom stereocenters. The van der Waals surface area contributed by atoms with Crippen molar-refractivity contribution in [1.29, 1.82) is 0 Å². The number of nitrogens with zero attached hydrogens (tertiary/aromatic N) is 1. The number of nitrogens with two attached hydrogens (primary N) is 1. The molecule has 0 aromatic heterocycles. The molecule has 2 rings (SSSR count). The second-order valence-electron chi connectivity index (χ2n) is 5.56. The van der Waals surface area contributed by atoms with E-state index in [9.17, 15) is 4.79 Å². The second-order valence-corrected chi connectivity index (χ2v) is 5.56. The van der Waals surface area contributed by atoms with Crippen LogP contribution in [0, 0.1) is 5.41 Å². The lowest BCUT2D eigenvalue weighted by atomic mass is 9.80. The highest BCUT2D eigenvalue weighted by molar-refractivity contribution is 5.78. The summed E-state index contributed by atoms with van der Waals surface area (Å²) in [5.41, 5.74) is 7.10. The number of likely N-dealkylation sites (tertiary alicyclic amines) is 1. The van der Waals surface area contributed by atoms with Crippen LogP contribution in [0.1, 0.15) is 25.3 Å². The summed E-state index contributed by atoms with van der Waals surface area (Å²) in [5.74, 6) is 0.236. The van der Waals surface area contributed by atoms with Crippen LogP contribution < -0.4 is 5.73 Å². The van der Waals surface area contributed by atoms with E-state index < -0.39 is 0 Å². The van der Waals surface area contributed by atoms with Gasteiger partial charge in [0.15, 0.2) is 0 Å². The summed E-state index contributed by atoms with van der Waals surface area (Å²) in [6.07, 6.45) is 2.55. The van der Waals surface area contributed by atoms with Gasteiger partial charge in [-0.15, -0.1) is 0 Å². The van der Waals surface area contributed by atoms with Crippen molar-refractivity contribution in [3.8, 4) is 0 Å². The summed E-state index contributed by atoms with van der Waals surface area (Å²) in [5, 5.41) is 0. The number of hydrogen-bond donors (Lipinski definition) is 1. The zero-order chi connectivity index (χ0) is 13.0. The van der Waals surface area contributed by atoms with E-state index in [2.05, 4.69) is 6.92 Å².